The molecule has 2 fully saturated rings. The van der Waals surface area contributed by atoms with Crippen molar-refractivity contribution >= 4 is 11.8 Å². The molecule has 2 saturated carbocycles. The third-order valence-electron chi connectivity index (χ3n) is 9.47. The summed E-state index contributed by atoms with van der Waals surface area (Å²) in [5.41, 5.74) is 0. The maximum Gasteiger partial charge on any atom is 0.460 e. The van der Waals surface area contributed by atoms with E-state index in [0.717, 1.165) is 10.6 Å². The zero-order valence-corrected chi connectivity index (χ0v) is 27.3. The number of amides is 2. The van der Waals surface area contributed by atoms with Crippen LogP contribution in [0, 0.1) is 11.8 Å². The number of hydrogen-bond acceptors (Lipinski definition) is 2. The highest BCUT2D eigenvalue weighted by Crippen LogP contribution is 2.62. The van der Waals surface area contributed by atoms with Gasteiger partial charge < -0.3 is 10.6 Å². The largest absolute Gasteiger partial charge is 0.460 e. The highest BCUT2D eigenvalue weighted by atomic mass is 19.4. The Morgan fingerprint density at radius 2 is 0.544 bits per heavy atom. The zero-order valence-electron chi connectivity index (χ0n) is 27.3. The van der Waals surface area contributed by atoms with E-state index in [1.807, 2.05) is 0 Å². The average molecular weight is 902 g/mol. The van der Waals surface area contributed by atoms with Gasteiger partial charge in [0.2, 0.25) is 0 Å². The van der Waals surface area contributed by atoms with Crippen molar-refractivity contribution in [1.29, 1.82) is 0 Å². The smallest absolute Gasteiger partial charge is 0.348 e. The first-order chi connectivity index (χ1) is 24.9. The van der Waals surface area contributed by atoms with E-state index < -0.39 is 133 Å². The van der Waals surface area contributed by atoms with Gasteiger partial charge in [-0.25, -0.2) is 0 Å². The summed E-state index contributed by atoms with van der Waals surface area (Å²) in [7, 11) is 0. The third-order valence-corrected chi connectivity index (χ3v) is 9.47. The molecule has 2 amide bonds. The summed E-state index contributed by atoms with van der Waals surface area (Å²) in [5, 5.41) is 2.15. The molecule has 0 atom stereocenters. The molecule has 2 aliphatic rings. The summed E-state index contributed by atoms with van der Waals surface area (Å²) >= 11 is 0. The van der Waals surface area contributed by atoms with Gasteiger partial charge in [0.15, 0.2) is 0 Å². The molecule has 0 unspecified atom stereocenters. The molecule has 0 radical (unpaired) electrons. The van der Waals surface area contributed by atoms with Crippen molar-refractivity contribution in [1.82, 2.24) is 10.6 Å². The van der Waals surface area contributed by atoms with Crippen LogP contribution in [0.15, 0.2) is 0 Å². The van der Waals surface area contributed by atoms with Crippen LogP contribution in [0.4, 0.5) is 114 Å². The second-order valence-electron chi connectivity index (χ2n) is 13.4. The van der Waals surface area contributed by atoms with Crippen LogP contribution >= 0.6 is 0 Å². The Bertz CT molecular complexity index is 1330. The minimum Gasteiger partial charge on any atom is -0.348 e. The van der Waals surface area contributed by atoms with Crippen LogP contribution in [0.1, 0.15) is 57.8 Å². The average Bonchev–Trinajstić information content (AvgIpc) is 3.04. The van der Waals surface area contributed by atoms with Crippen LogP contribution in [0.3, 0.4) is 0 Å². The fourth-order valence-electron chi connectivity index (χ4n) is 5.93. The lowest BCUT2D eigenvalue weighted by Crippen LogP contribution is -2.72. The maximum absolute atomic E-state index is 14.1. The van der Waals surface area contributed by atoms with E-state index in [1.54, 1.807) is 0 Å². The Morgan fingerprint density at radius 3 is 0.754 bits per heavy atom. The second kappa shape index (κ2) is 15.0. The highest BCUT2D eigenvalue weighted by Gasteiger charge is 2.93. The zero-order chi connectivity index (χ0) is 45.2. The lowest BCUT2D eigenvalue weighted by atomic mass is 9.75. The van der Waals surface area contributed by atoms with Gasteiger partial charge >= 0.3 is 71.6 Å². The minimum atomic E-state index is -8.22. The van der Waals surface area contributed by atoms with E-state index >= 15 is 0 Å². The standard InChI is InChI=1S/C27H24F26N2O2/c28-16(29,18(32,33)20(36,37)22(40,41)24(44,45)26(48,49)50)14(56)54-12-5-1-10(2-6-12)9-11-3-7-13(8-4-11)55-15(57)17(30,31)19(34,35)21(38,39)23(42,43)25(46,47)27(51,52)53/h10-13H,1-9H2,(H,54,56)(H,55,57). The molecule has 57 heavy (non-hydrogen) atoms. The topological polar surface area (TPSA) is 58.2 Å². The third kappa shape index (κ3) is 8.07. The van der Waals surface area contributed by atoms with Crippen LogP contribution in [-0.2, 0) is 9.59 Å². The van der Waals surface area contributed by atoms with Gasteiger partial charge in [0.05, 0.1) is 0 Å². The lowest BCUT2D eigenvalue weighted by Gasteiger charge is -2.40. The van der Waals surface area contributed by atoms with Crippen molar-refractivity contribution in [3.05, 3.63) is 0 Å². The molecule has 0 aromatic carbocycles. The van der Waals surface area contributed by atoms with Crippen LogP contribution in [0.5, 0.6) is 0 Å². The molecular formula is C27H24F26N2O2. The van der Waals surface area contributed by atoms with Crippen molar-refractivity contribution in [2.24, 2.45) is 11.8 Å². The van der Waals surface area contributed by atoms with Gasteiger partial charge in [-0.2, -0.15) is 114 Å². The van der Waals surface area contributed by atoms with E-state index in [4.69, 9.17) is 0 Å². The minimum absolute atomic E-state index is 0.0627. The Morgan fingerprint density at radius 1 is 0.333 bits per heavy atom. The Hall–Kier alpha value is -2.88. The summed E-state index contributed by atoms with van der Waals surface area (Å²) in [6.45, 7) is 0. The summed E-state index contributed by atoms with van der Waals surface area (Å²) in [6.07, 6.45) is -17.8. The molecule has 2 rings (SSSR count). The number of rotatable bonds is 14. The molecule has 0 bridgehead atoms. The summed E-state index contributed by atoms with van der Waals surface area (Å²) < 4.78 is 346. The molecule has 2 aliphatic carbocycles. The summed E-state index contributed by atoms with van der Waals surface area (Å²) in [6, 6.07) is -3.28. The van der Waals surface area contributed by atoms with Crippen LogP contribution in [-0.4, -0.2) is 95.5 Å². The normalized spacial score (nSPS) is 23.6. The van der Waals surface area contributed by atoms with Crippen LogP contribution in [0.2, 0.25) is 0 Å². The van der Waals surface area contributed by atoms with E-state index in [1.165, 1.54) is 0 Å². The van der Waals surface area contributed by atoms with Crippen molar-refractivity contribution in [3.8, 4) is 0 Å². The van der Waals surface area contributed by atoms with Crippen LogP contribution in [0.25, 0.3) is 0 Å². The maximum atomic E-state index is 14.1. The van der Waals surface area contributed by atoms with Gasteiger partial charge in [-0.05, 0) is 69.6 Å². The lowest BCUT2D eigenvalue weighted by molar-refractivity contribution is -0.436. The number of hydrogen-bond donors (Lipinski definition) is 2. The molecule has 30 heteroatoms. The molecule has 0 aliphatic heterocycles. The van der Waals surface area contributed by atoms with Gasteiger partial charge in [-0.3, -0.25) is 9.59 Å². The predicted octanol–water partition coefficient (Wildman–Crippen LogP) is 10.2. The van der Waals surface area contributed by atoms with E-state index in [0.29, 0.717) is 0 Å². The highest BCUT2D eigenvalue weighted by molar-refractivity contribution is 5.85. The summed E-state index contributed by atoms with van der Waals surface area (Å²) in [4.78, 5) is 23.6. The van der Waals surface area contributed by atoms with Gasteiger partial charge in [-0.15, -0.1) is 0 Å². The Balaban J connectivity index is 2.00. The van der Waals surface area contributed by atoms with Gasteiger partial charge in [0.25, 0.3) is 11.8 Å². The monoisotopic (exact) mass is 902 g/mol. The first kappa shape index (κ1) is 50.3. The number of halogens is 26. The fourth-order valence-corrected chi connectivity index (χ4v) is 5.93. The molecular weight excluding hydrogens is 878 g/mol. The molecule has 0 heterocycles. The molecule has 336 valence electrons. The molecule has 2 N–H and O–H groups in total. The van der Waals surface area contributed by atoms with Gasteiger partial charge in [0.1, 0.15) is 0 Å². The molecule has 0 spiro atoms. The first-order valence-corrected chi connectivity index (χ1v) is 15.5. The molecule has 0 saturated heterocycles. The van der Waals surface area contributed by atoms with Crippen molar-refractivity contribution < 1.29 is 124 Å². The predicted molar refractivity (Wildman–Crippen MR) is 134 cm³/mol. The van der Waals surface area contributed by atoms with Crippen LogP contribution < -0.4 is 10.6 Å². The van der Waals surface area contributed by atoms with Gasteiger partial charge in [0, 0.05) is 12.1 Å². The number of nitrogens with one attached hydrogen (secondary N) is 2. The van der Waals surface area contributed by atoms with E-state index in [2.05, 4.69) is 0 Å². The number of alkyl halides is 26. The van der Waals surface area contributed by atoms with E-state index in [-0.39, 0.29) is 32.1 Å². The Labute approximate surface area is 300 Å². The number of carbonyl (C=O) groups excluding carboxylic acids is 2. The van der Waals surface area contributed by atoms with Crippen molar-refractivity contribution in [3.63, 3.8) is 0 Å². The summed E-state index contributed by atoms with van der Waals surface area (Å²) in [5.74, 6) is -86.6. The number of carbonyl (C=O) groups is 2. The fraction of sp³-hybridized carbons (Fsp3) is 0.926. The Kier molecular flexibility index (Phi) is 13.2. The first-order valence-electron chi connectivity index (χ1n) is 15.5. The van der Waals surface area contributed by atoms with Gasteiger partial charge in [-0.1, -0.05) is 0 Å². The molecule has 0 aromatic heterocycles. The SMILES string of the molecule is O=C(NC1CCC(CC2CCC(NC(=O)C(F)(F)C(F)(F)C(F)(F)C(F)(F)C(F)(F)C(F)(F)F)CC2)CC1)C(F)(F)C(F)(F)C(F)(F)C(F)(F)C(F)(F)C(F)(F)F. The van der Waals surface area contributed by atoms with Crippen molar-refractivity contribution in [2.75, 3.05) is 0 Å². The van der Waals surface area contributed by atoms with Crippen molar-refractivity contribution in [2.45, 2.75) is 141 Å². The van der Waals surface area contributed by atoms with E-state index in [9.17, 15) is 124 Å². The molecule has 4 nitrogen and oxygen atoms in total. The second-order valence-corrected chi connectivity index (χ2v) is 13.4. The molecule has 0 aromatic rings. The quantitative estimate of drug-likeness (QED) is 0.171.